The summed E-state index contributed by atoms with van der Waals surface area (Å²) < 4.78 is 7.22. The molecular formula is C42H74N6O. The summed E-state index contributed by atoms with van der Waals surface area (Å²) in [4.78, 5) is 0. The third-order valence-corrected chi connectivity index (χ3v) is 17.5. The Hall–Kier alpha value is -0.280. The van der Waals surface area contributed by atoms with Gasteiger partial charge in [-0.3, -0.25) is 21.7 Å². The quantitative estimate of drug-likeness (QED) is 0.222. The van der Waals surface area contributed by atoms with Crippen molar-refractivity contribution in [2.75, 3.05) is 26.2 Å². The zero-order valence-electron chi connectivity index (χ0n) is 31.7. The van der Waals surface area contributed by atoms with Crippen LogP contribution in [0.4, 0.5) is 0 Å². The van der Waals surface area contributed by atoms with Gasteiger partial charge in [-0.05, 0) is 186 Å². The van der Waals surface area contributed by atoms with Gasteiger partial charge in [-0.25, -0.2) is 0 Å². The smallest absolute Gasteiger partial charge is 0.0613 e. The van der Waals surface area contributed by atoms with E-state index in [1.165, 1.54) is 103 Å². The summed E-state index contributed by atoms with van der Waals surface area (Å²) in [5.41, 5.74) is 14.9. The highest BCUT2D eigenvalue weighted by molar-refractivity contribution is 5.05. The van der Waals surface area contributed by atoms with Crippen LogP contribution in [0.5, 0.6) is 0 Å². The van der Waals surface area contributed by atoms with Crippen molar-refractivity contribution in [2.24, 2.45) is 82.9 Å². The van der Waals surface area contributed by atoms with Gasteiger partial charge in [0.05, 0.1) is 12.2 Å². The van der Waals surface area contributed by atoms with Crippen molar-refractivity contribution in [1.29, 1.82) is 0 Å². The minimum Gasteiger partial charge on any atom is -0.374 e. The van der Waals surface area contributed by atoms with E-state index < -0.39 is 0 Å². The Morgan fingerprint density at radius 1 is 0.429 bits per heavy atom. The Morgan fingerprint density at radius 3 is 1.29 bits per heavy atom. The van der Waals surface area contributed by atoms with Crippen LogP contribution < -0.4 is 32.3 Å². The topological polar surface area (TPSA) is 81.4 Å². The lowest BCUT2D eigenvalue weighted by atomic mass is 9.58. The van der Waals surface area contributed by atoms with Gasteiger partial charge in [0.1, 0.15) is 0 Å². The average molecular weight is 679 g/mol. The fourth-order valence-corrected chi connectivity index (χ4v) is 15.5. The molecule has 4 saturated carbocycles. The second-order valence-electron chi connectivity index (χ2n) is 20.1. The maximum atomic E-state index is 7.22. The standard InChI is InChI=1S/C42H74N6O/c1-23-15-31(16-24(2)37(23)41-39-29(21-45-47-41)7-5-13-43-39)27-9-11-33-34-12-10-28(20-36(34)49-35(33)19-27)32-17-25(3)38(26(4)18-32)42-40-30(22-46-48-42)8-6-14-44-40/h23-48H,5-22H2,1-4H3. The molecule has 0 amide bonds. The van der Waals surface area contributed by atoms with Crippen molar-refractivity contribution in [3.63, 3.8) is 0 Å². The van der Waals surface area contributed by atoms with Crippen molar-refractivity contribution in [3.8, 4) is 0 Å². The van der Waals surface area contributed by atoms with E-state index in [2.05, 4.69) is 60.0 Å². The summed E-state index contributed by atoms with van der Waals surface area (Å²) >= 11 is 0. The second-order valence-corrected chi connectivity index (χ2v) is 20.1. The summed E-state index contributed by atoms with van der Waals surface area (Å²) in [5, 5.41) is 7.92. The molecule has 9 rings (SSSR count). The van der Waals surface area contributed by atoms with Gasteiger partial charge in [0.15, 0.2) is 0 Å². The molecule has 0 aromatic rings. The summed E-state index contributed by atoms with van der Waals surface area (Å²) in [7, 11) is 0. The van der Waals surface area contributed by atoms with Gasteiger partial charge < -0.3 is 15.4 Å². The minimum absolute atomic E-state index is 0.557. The van der Waals surface area contributed by atoms with Crippen molar-refractivity contribution >= 4 is 0 Å². The van der Waals surface area contributed by atoms with Gasteiger partial charge >= 0.3 is 0 Å². The number of piperidine rings is 2. The fourth-order valence-electron chi connectivity index (χ4n) is 15.5. The number of fused-ring (bicyclic) bond motifs is 5. The van der Waals surface area contributed by atoms with Gasteiger partial charge in [0.2, 0.25) is 0 Å². The van der Waals surface area contributed by atoms with Gasteiger partial charge in [0, 0.05) is 37.3 Å². The maximum absolute atomic E-state index is 7.22. The SMILES string of the molecule is CC1CC(C2CCC3C(C2)OC2CC(C4CC(C)C(C5NNCC6CCCNC65)C(C)C4)CCC23)CC(C)C1C1NNCC2CCCNC21. The molecule has 5 aliphatic heterocycles. The third kappa shape index (κ3) is 6.52. The van der Waals surface area contributed by atoms with Gasteiger partial charge in [-0.2, -0.15) is 0 Å². The lowest BCUT2D eigenvalue weighted by Crippen LogP contribution is -2.68. The Bertz CT molecular complexity index is 1010. The first-order chi connectivity index (χ1) is 23.9. The van der Waals surface area contributed by atoms with Crippen LogP contribution in [0.25, 0.3) is 0 Å². The third-order valence-electron chi connectivity index (χ3n) is 17.5. The molecule has 16 unspecified atom stereocenters. The van der Waals surface area contributed by atoms with E-state index in [4.69, 9.17) is 4.74 Å². The zero-order chi connectivity index (χ0) is 33.2. The number of nitrogens with one attached hydrogen (secondary N) is 6. The molecule has 7 heteroatoms. The van der Waals surface area contributed by atoms with Crippen LogP contribution in [0.15, 0.2) is 0 Å². The molecule has 5 saturated heterocycles. The molecule has 16 atom stereocenters. The second kappa shape index (κ2) is 14.5. The van der Waals surface area contributed by atoms with Crippen LogP contribution in [-0.4, -0.2) is 62.6 Å². The first-order valence-electron chi connectivity index (χ1n) is 22.0. The highest BCUT2D eigenvalue weighted by Crippen LogP contribution is 2.56. The molecule has 0 aromatic heterocycles. The number of hydrogen-bond acceptors (Lipinski definition) is 7. The van der Waals surface area contributed by atoms with Crippen LogP contribution in [0.1, 0.15) is 118 Å². The van der Waals surface area contributed by atoms with Gasteiger partial charge in [-0.15, -0.1) is 0 Å². The van der Waals surface area contributed by atoms with Crippen molar-refractivity contribution < 1.29 is 4.74 Å². The Morgan fingerprint density at radius 2 is 0.857 bits per heavy atom. The molecule has 9 fully saturated rings. The monoisotopic (exact) mass is 679 g/mol. The predicted octanol–water partition coefficient (Wildman–Crippen LogP) is 5.87. The minimum atomic E-state index is 0.557. The summed E-state index contributed by atoms with van der Waals surface area (Å²) in [6.45, 7) is 15.1. The normalized spacial score (nSPS) is 56.6. The van der Waals surface area contributed by atoms with E-state index >= 15 is 0 Å². The number of rotatable bonds is 4. The molecule has 7 nitrogen and oxygen atoms in total. The first kappa shape index (κ1) is 34.5. The van der Waals surface area contributed by atoms with Crippen molar-refractivity contribution in [2.45, 2.75) is 154 Å². The highest BCUT2D eigenvalue weighted by atomic mass is 16.5. The van der Waals surface area contributed by atoms with E-state index in [9.17, 15) is 0 Å². The lowest BCUT2D eigenvalue weighted by Gasteiger charge is -2.52. The van der Waals surface area contributed by atoms with Crippen LogP contribution in [0.2, 0.25) is 0 Å². The molecule has 5 heterocycles. The molecule has 6 N–H and O–H groups in total. The van der Waals surface area contributed by atoms with E-state index in [1.54, 1.807) is 0 Å². The molecule has 49 heavy (non-hydrogen) atoms. The molecule has 0 spiro atoms. The average Bonchev–Trinajstić information content (AvgIpc) is 3.48. The molecule has 9 aliphatic rings. The maximum Gasteiger partial charge on any atom is 0.0613 e. The molecule has 278 valence electrons. The summed E-state index contributed by atoms with van der Waals surface area (Å²) in [6.07, 6.45) is 20.9. The molecule has 0 aromatic carbocycles. The Kier molecular flexibility index (Phi) is 10.2. The van der Waals surface area contributed by atoms with Crippen LogP contribution in [0, 0.1) is 82.9 Å². The van der Waals surface area contributed by atoms with E-state index in [-0.39, 0.29) is 0 Å². The molecular weight excluding hydrogens is 605 g/mol. The first-order valence-corrected chi connectivity index (χ1v) is 22.0. The van der Waals surface area contributed by atoms with Gasteiger partial charge in [0.25, 0.3) is 0 Å². The zero-order valence-corrected chi connectivity index (χ0v) is 31.7. The van der Waals surface area contributed by atoms with Crippen LogP contribution in [-0.2, 0) is 4.74 Å². The molecule has 4 aliphatic carbocycles. The van der Waals surface area contributed by atoms with Crippen LogP contribution in [0.3, 0.4) is 0 Å². The highest BCUT2D eigenvalue weighted by Gasteiger charge is 2.53. The number of hydrazine groups is 2. The number of ether oxygens (including phenoxy) is 1. The van der Waals surface area contributed by atoms with Crippen LogP contribution >= 0.6 is 0 Å². The fraction of sp³-hybridized carbons (Fsp3) is 1.00. The number of hydrogen-bond donors (Lipinski definition) is 6. The van der Waals surface area contributed by atoms with Crippen molar-refractivity contribution in [1.82, 2.24) is 32.3 Å². The lowest BCUT2D eigenvalue weighted by molar-refractivity contribution is -0.0432. The summed E-state index contributed by atoms with van der Waals surface area (Å²) in [5.74, 6) is 11.6. The van der Waals surface area contributed by atoms with E-state index in [0.717, 1.165) is 95.9 Å². The van der Waals surface area contributed by atoms with Gasteiger partial charge in [-0.1, -0.05) is 27.7 Å². The molecule has 0 radical (unpaired) electrons. The predicted molar refractivity (Wildman–Crippen MR) is 198 cm³/mol. The van der Waals surface area contributed by atoms with Crippen molar-refractivity contribution in [3.05, 3.63) is 0 Å². The largest absolute Gasteiger partial charge is 0.374 e. The van der Waals surface area contributed by atoms with E-state index in [0.29, 0.717) is 36.4 Å². The Labute approximate surface area is 299 Å². The molecule has 0 bridgehead atoms. The summed E-state index contributed by atoms with van der Waals surface area (Å²) in [6, 6.07) is 2.48. The Balaban J connectivity index is 0.791. The van der Waals surface area contributed by atoms with E-state index in [1.807, 2.05) is 0 Å².